The Morgan fingerprint density at radius 1 is 1.33 bits per heavy atom. The Morgan fingerprint density at radius 3 is 2.67 bits per heavy atom. The Bertz CT molecular complexity index is 521. The maximum Gasteiger partial charge on any atom is 0.339 e. The first-order valence-corrected chi connectivity index (χ1v) is 5.56. The number of amides is 1. The Hall–Kier alpha value is -2.07. The van der Waals surface area contributed by atoms with E-state index >= 15 is 0 Å². The zero-order chi connectivity index (χ0) is 13.5. The van der Waals surface area contributed by atoms with Crippen LogP contribution in [0.3, 0.4) is 0 Å². The number of carboxylic acid groups (broad SMARTS) is 1. The van der Waals surface area contributed by atoms with Crippen molar-refractivity contribution < 1.29 is 14.7 Å². The van der Waals surface area contributed by atoms with E-state index in [0.717, 1.165) is 0 Å². The van der Waals surface area contributed by atoms with E-state index in [1.54, 1.807) is 24.3 Å². The first-order chi connectivity index (χ1) is 8.56. The highest BCUT2D eigenvalue weighted by molar-refractivity contribution is 6.34. The average molecular weight is 266 g/mol. The first-order valence-electron chi connectivity index (χ1n) is 5.18. The van der Waals surface area contributed by atoms with Gasteiger partial charge in [0.05, 0.1) is 10.7 Å². The third-order valence-electron chi connectivity index (χ3n) is 2.04. The van der Waals surface area contributed by atoms with Gasteiger partial charge < -0.3 is 10.4 Å². The van der Waals surface area contributed by atoms with Gasteiger partial charge in [0.1, 0.15) is 5.56 Å². The molecule has 0 saturated heterocycles. The van der Waals surface area contributed by atoms with Crippen molar-refractivity contribution in [3.8, 4) is 0 Å². The molecule has 0 aliphatic carbocycles. The van der Waals surface area contributed by atoms with Crippen molar-refractivity contribution in [3.05, 3.63) is 53.1 Å². The van der Waals surface area contributed by atoms with Crippen molar-refractivity contribution in [1.29, 1.82) is 0 Å². The summed E-state index contributed by atoms with van der Waals surface area (Å²) < 4.78 is 0. The van der Waals surface area contributed by atoms with Crippen LogP contribution in [-0.2, 0) is 4.79 Å². The number of hydrogen-bond donors (Lipinski definition) is 2. The Labute approximate surface area is 110 Å². The molecule has 0 saturated carbocycles. The Morgan fingerprint density at radius 2 is 2.06 bits per heavy atom. The van der Waals surface area contributed by atoms with Gasteiger partial charge in [-0.2, -0.15) is 0 Å². The number of carbonyl (C=O) groups excluding carboxylic acids is 1. The highest BCUT2D eigenvalue weighted by Gasteiger charge is 2.14. The maximum atomic E-state index is 11.5. The van der Waals surface area contributed by atoms with Crippen LogP contribution >= 0.6 is 11.6 Å². The second-order valence-corrected chi connectivity index (χ2v) is 3.75. The second-order valence-electron chi connectivity index (χ2n) is 3.34. The van der Waals surface area contributed by atoms with Gasteiger partial charge in [-0.1, -0.05) is 35.9 Å². The Balaban J connectivity index is 2.94. The number of anilines is 1. The molecule has 0 bridgehead atoms. The van der Waals surface area contributed by atoms with E-state index in [1.165, 1.54) is 18.2 Å². The SMILES string of the molecule is CC=CC=CC(=O)Nc1cccc(Cl)c1C(=O)O. The van der Waals surface area contributed by atoms with Gasteiger partial charge in [0.25, 0.3) is 0 Å². The van der Waals surface area contributed by atoms with Crippen molar-refractivity contribution in [3.63, 3.8) is 0 Å². The van der Waals surface area contributed by atoms with Crippen LogP contribution in [-0.4, -0.2) is 17.0 Å². The van der Waals surface area contributed by atoms with Gasteiger partial charge in [0, 0.05) is 6.08 Å². The summed E-state index contributed by atoms with van der Waals surface area (Å²) in [6, 6.07) is 4.51. The molecular formula is C13H12ClNO3. The molecule has 0 aliphatic rings. The monoisotopic (exact) mass is 265 g/mol. The lowest BCUT2D eigenvalue weighted by Gasteiger charge is -2.07. The van der Waals surface area contributed by atoms with Crippen LogP contribution in [0.5, 0.6) is 0 Å². The summed E-state index contributed by atoms with van der Waals surface area (Å²) >= 11 is 5.77. The zero-order valence-corrected chi connectivity index (χ0v) is 10.4. The van der Waals surface area contributed by atoms with Crippen LogP contribution in [0.4, 0.5) is 5.69 Å². The standard InChI is InChI=1S/C13H12ClNO3/c1-2-3-4-8-11(16)15-10-7-5-6-9(14)12(10)13(17)18/h2-8H,1H3,(H,15,16)(H,17,18). The molecule has 0 heterocycles. The van der Waals surface area contributed by atoms with Gasteiger partial charge in [-0.25, -0.2) is 4.79 Å². The van der Waals surface area contributed by atoms with E-state index < -0.39 is 11.9 Å². The van der Waals surface area contributed by atoms with E-state index in [0.29, 0.717) is 0 Å². The van der Waals surface area contributed by atoms with Gasteiger partial charge in [0.15, 0.2) is 0 Å². The predicted molar refractivity (Wildman–Crippen MR) is 71.0 cm³/mol. The molecule has 0 aliphatic heterocycles. The highest BCUT2D eigenvalue weighted by Crippen LogP contribution is 2.24. The third kappa shape index (κ3) is 3.75. The summed E-state index contributed by atoms with van der Waals surface area (Å²) in [5.41, 5.74) is 0.0529. The van der Waals surface area contributed by atoms with Crippen molar-refractivity contribution in [1.82, 2.24) is 0 Å². The molecule has 1 aromatic rings. The smallest absolute Gasteiger partial charge is 0.339 e. The van der Waals surface area contributed by atoms with E-state index in [1.807, 2.05) is 6.92 Å². The Kier molecular flexibility index (Phi) is 5.14. The number of carboxylic acids is 1. The van der Waals surface area contributed by atoms with E-state index in [-0.39, 0.29) is 16.3 Å². The number of aromatic carboxylic acids is 1. The second kappa shape index (κ2) is 6.61. The number of hydrogen-bond acceptors (Lipinski definition) is 2. The largest absolute Gasteiger partial charge is 0.478 e. The average Bonchev–Trinajstić information content (AvgIpc) is 2.28. The highest BCUT2D eigenvalue weighted by atomic mass is 35.5. The predicted octanol–water partition coefficient (Wildman–Crippen LogP) is 3.11. The molecule has 94 valence electrons. The lowest BCUT2D eigenvalue weighted by molar-refractivity contribution is -0.111. The van der Waals surface area contributed by atoms with Crippen molar-refractivity contribution >= 4 is 29.2 Å². The molecule has 0 atom stereocenters. The molecule has 2 N–H and O–H groups in total. The number of nitrogens with one attached hydrogen (secondary N) is 1. The lowest BCUT2D eigenvalue weighted by atomic mass is 10.1. The molecule has 0 fully saturated rings. The molecule has 0 unspecified atom stereocenters. The fourth-order valence-electron chi connectivity index (χ4n) is 1.27. The number of benzene rings is 1. The topological polar surface area (TPSA) is 66.4 Å². The first kappa shape index (κ1) is 14.0. The molecule has 4 nitrogen and oxygen atoms in total. The minimum Gasteiger partial charge on any atom is -0.478 e. The van der Waals surface area contributed by atoms with Crippen LogP contribution in [0.2, 0.25) is 5.02 Å². The minimum atomic E-state index is -1.19. The fraction of sp³-hybridized carbons (Fsp3) is 0.0769. The third-order valence-corrected chi connectivity index (χ3v) is 2.35. The van der Waals surface area contributed by atoms with Crippen molar-refractivity contribution in [2.45, 2.75) is 6.92 Å². The minimum absolute atomic E-state index is 0.0812. The molecule has 0 aromatic heterocycles. The fourth-order valence-corrected chi connectivity index (χ4v) is 1.53. The van der Waals surface area contributed by atoms with Gasteiger partial charge in [0.2, 0.25) is 5.91 Å². The zero-order valence-electron chi connectivity index (χ0n) is 9.68. The molecule has 1 amide bonds. The van der Waals surface area contributed by atoms with Gasteiger partial charge in [-0.15, -0.1) is 0 Å². The van der Waals surface area contributed by atoms with Crippen LogP contribution in [0.15, 0.2) is 42.5 Å². The number of allylic oxidation sites excluding steroid dienone is 3. The van der Waals surface area contributed by atoms with E-state index in [9.17, 15) is 9.59 Å². The van der Waals surface area contributed by atoms with Crippen LogP contribution in [0.25, 0.3) is 0 Å². The van der Waals surface area contributed by atoms with E-state index in [4.69, 9.17) is 16.7 Å². The van der Waals surface area contributed by atoms with Crippen LogP contribution in [0, 0.1) is 0 Å². The summed E-state index contributed by atoms with van der Waals surface area (Å²) in [6.45, 7) is 1.82. The molecular weight excluding hydrogens is 254 g/mol. The van der Waals surface area contributed by atoms with E-state index in [2.05, 4.69) is 5.32 Å². The van der Waals surface area contributed by atoms with Gasteiger partial charge >= 0.3 is 5.97 Å². The number of halogens is 1. The summed E-state index contributed by atoms with van der Waals surface area (Å²) in [4.78, 5) is 22.5. The maximum absolute atomic E-state index is 11.5. The number of rotatable bonds is 4. The molecule has 1 rings (SSSR count). The molecule has 18 heavy (non-hydrogen) atoms. The number of carbonyl (C=O) groups is 2. The van der Waals surface area contributed by atoms with Gasteiger partial charge in [-0.3, -0.25) is 4.79 Å². The molecule has 5 heteroatoms. The summed E-state index contributed by atoms with van der Waals surface area (Å²) in [7, 11) is 0. The molecule has 1 aromatic carbocycles. The molecule has 0 spiro atoms. The van der Waals surface area contributed by atoms with Gasteiger partial charge in [-0.05, 0) is 19.1 Å². The molecule has 0 radical (unpaired) electrons. The normalized spacial score (nSPS) is 11.0. The summed E-state index contributed by atoms with van der Waals surface area (Å²) in [5, 5.41) is 11.6. The quantitative estimate of drug-likeness (QED) is 0.649. The van der Waals surface area contributed by atoms with Crippen LogP contribution in [0.1, 0.15) is 17.3 Å². The van der Waals surface area contributed by atoms with Crippen molar-refractivity contribution in [2.75, 3.05) is 5.32 Å². The summed E-state index contributed by atoms with van der Waals surface area (Å²) in [6.07, 6.45) is 6.31. The summed E-state index contributed by atoms with van der Waals surface area (Å²) in [5.74, 6) is -1.61. The lowest BCUT2D eigenvalue weighted by Crippen LogP contribution is -2.12. The van der Waals surface area contributed by atoms with Crippen LogP contribution < -0.4 is 5.32 Å². The van der Waals surface area contributed by atoms with Crippen molar-refractivity contribution in [2.24, 2.45) is 0 Å².